The molecule has 0 spiro atoms. The first-order valence-corrected chi connectivity index (χ1v) is 8.07. The van der Waals surface area contributed by atoms with Crippen LogP contribution in [0.4, 0.5) is 5.69 Å². The van der Waals surface area contributed by atoms with Crippen molar-refractivity contribution in [3.05, 3.63) is 39.9 Å². The number of benzene rings is 1. The summed E-state index contributed by atoms with van der Waals surface area (Å²) in [6.45, 7) is -0.457. The minimum absolute atomic E-state index is 0.112. The second kappa shape index (κ2) is 5.86. The average molecular weight is 376 g/mol. The van der Waals surface area contributed by atoms with Crippen LogP contribution in [0.5, 0.6) is 0 Å². The standard InChI is InChI=1S/C10H9Cl3N2O5S/c11-10(12,13)6-20-21(18,19)14-5-9(14)7-2-1-3-8(4-7)15(16)17/h1-4,9H,5-6H2. The summed E-state index contributed by atoms with van der Waals surface area (Å²) in [6.07, 6.45) is 0. The summed E-state index contributed by atoms with van der Waals surface area (Å²) in [4.78, 5) is 10.1. The van der Waals surface area contributed by atoms with Crippen LogP contribution in [0.3, 0.4) is 0 Å². The third kappa shape index (κ3) is 4.41. The molecule has 0 amide bonds. The summed E-state index contributed by atoms with van der Waals surface area (Å²) in [6, 6.07) is 5.21. The van der Waals surface area contributed by atoms with E-state index in [1.807, 2.05) is 0 Å². The lowest BCUT2D eigenvalue weighted by atomic mass is 10.1. The van der Waals surface area contributed by atoms with Gasteiger partial charge < -0.3 is 0 Å². The number of nitrogens with zero attached hydrogens (tertiary/aromatic N) is 2. The molecule has 11 heteroatoms. The topological polar surface area (TPSA) is 89.5 Å². The summed E-state index contributed by atoms with van der Waals surface area (Å²) >= 11 is 16.3. The van der Waals surface area contributed by atoms with Gasteiger partial charge in [-0.15, -0.1) is 0 Å². The van der Waals surface area contributed by atoms with Gasteiger partial charge >= 0.3 is 10.3 Å². The predicted octanol–water partition coefficient (Wildman–Crippen LogP) is 2.58. The molecular formula is C10H9Cl3N2O5S. The fraction of sp³-hybridized carbons (Fsp3) is 0.400. The SMILES string of the molecule is O=[N+]([O-])c1cccc(C2CN2S(=O)(=O)OCC(Cl)(Cl)Cl)c1. The Morgan fingerprint density at radius 2 is 2.10 bits per heavy atom. The van der Waals surface area contributed by atoms with Crippen LogP contribution < -0.4 is 0 Å². The molecule has 0 aromatic heterocycles. The van der Waals surface area contributed by atoms with Crippen LogP contribution in [0.25, 0.3) is 0 Å². The summed E-state index contributed by atoms with van der Waals surface area (Å²) < 4.78 is 27.5. The first-order valence-electron chi connectivity index (χ1n) is 5.57. The Balaban J connectivity index is 2.07. The molecule has 2 atom stereocenters. The Morgan fingerprint density at radius 1 is 1.43 bits per heavy atom. The molecule has 1 aliphatic rings. The highest BCUT2D eigenvalue weighted by atomic mass is 35.6. The summed E-state index contributed by atoms with van der Waals surface area (Å²) in [5.74, 6) is 0. The Bertz CT molecular complexity index is 661. The van der Waals surface area contributed by atoms with Crippen molar-refractivity contribution in [2.75, 3.05) is 13.2 Å². The summed E-state index contributed by atoms with van der Waals surface area (Å²) in [7, 11) is -4.04. The van der Waals surface area contributed by atoms with Gasteiger partial charge in [0.15, 0.2) is 0 Å². The number of non-ortho nitro benzene ring substituents is 1. The number of halogens is 3. The number of nitro benzene ring substituents is 1. The fourth-order valence-electron chi connectivity index (χ4n) is 1.70. The molecule has 2 unspecified atom stereocenters. The number of rotatable bonds is 5. The number of alkyl halides is 3. The molecule has 21 heavy (non-hydrogen) atoms. The zero-order valence-corrected chi connectivity index (χ0v) is 13.4. The van der Waals surface area contributed by atoms with Crippen molar-refractivity contribution >= 4 is 50.8 Å². The molecule has 0 saturated carbocycles. The van der Waals surface area contributed by atoms with E-state index in [1.165, 1.54) is 18.2 Å². The molecular weight excluding hydrogens is 367 g/mol. The van der Waals surface area contributed by atoms with Crippen molar-refractivity contribution in [1.82, 2.24) is 4.31 Å². The normalized spacial score (nSPS) is 22.0. The van der Waals surface area contributed by atoms with Gasteiger partial charge in [0.05, 0.1) is 11.0 Å². The van der Waals surface area contributed by atoms with E-state index in [-0.39, 0.29) is 12.2 Å². The van der Waals surface area contributed by atoms with Crippen molar-refractivity contribution in [1.29, 1.82) is 0 Å². The first kappa shape index (κ1) is 16.7. The molecule has 2 rings (SSSR count). The zero-order chi connectivity index (χ0) is 15.8. The maximum Gasteiger partial charge on any atom is 0.339 e. The van der Waals surface area contributed by atoms with E-state index >= 15 is 0 Å². The van der Waals surface area contributed by atoms with Crippen LogP contribution in [0.2, 0.25) is 0 Å². The average Bonchev–Trinajstić information content (AvgIpc) is 3.17. The van der Waals surface area contributed by atoms with Crippen LogP contribution in [0.1, 0.15) is 11.6 Å². The van der Waals surface area contributed by atoms with Crippen LogP contribution in [-0.4, -0.2) is 34.6 Å². The molecule has 1 heterocycles. The van der Waals surface area contributed by atoms with Gasteiger partial charge in [-0.3, -0.25) is 14.3 Å². The molecule has 1 aliphatic heterocycles. The van der Waals surface area contributed by atoms with Crippen molar-refractivity contribution in [3.63, 3.8) is 0 Å². The number of hydrogen-bond acceptors (Lipinski definition) is 5. The molecule has 0 radical (unpaired) electrons. The van der Waals surface area contributed by atoms with Gasteiger partial charge in [-0.1, -0.05) is 46.9 Å². The third-order valence-electron chi connectivity index (χ3n) is 2.69. The highest BCUT2D eigenvalue weighted by Gasteiger charge is 2.46. The van der Waals surface area contributed by atoms with Crippen molar-refractivity contribution < 1.29 is 17.5 Å². The lowest BCUT2D eigenvalue weighted by molar-refractivity contribution is -0.384. The smallest absolute Gasteiger partial charge is 0.258 e. The van der Waals surface area contributed by atoms with E-state index in [0.717, 1.165) is 4.31 Å². The minimum atomic E-state index is -4.04. The molecule has 0 N–H and O–H groups in total. The van der Waals surface area contributed by atoms with E-state index in [4.69, 9.17) is 34.8 Å². The molecule has 1 fully saturated rings. The Kier molecular flexibility index (Phi) is 4.67. The van der Waals surface area contributed by atoms with Gasteiger partial charge in [0.1, 0.15) is 6.61 Å². The van der Waals surface area contributed by atoms with Gasteiger partial charge in [0, 0.05) is 18.7 Å². The third-order valence-corrected chi connectivity index (χ3v) is 4.41. The number of nitro groups is 1. The van der Waals surface area contributed by atoms with Crippen molar-refractivity contribution in [2.24, 2.45) is 0 Å². The Labute approximate surface area is 135 Å². The van der Waals surface area contributed by atoms with Crippen molar-refractivity contribution in [3.8, 4) is 0 Å². The zero-order valence-electron chi connectivity index (χ0n) is 10.3. The maximum absolute atomic E-state index is 11.8. The van der Waals surface area contributed by atoms with E-state index in [2.05, 4.69) is 4.18 Å². The maximum atomic E-state index is 11.8. The highest BCUT2D eigenvalue weighted by Crippen LogP contribution is 2.40. The Morgan fingerprint density at radius 3 is 2.67 bits per heavy atom. The molecule has 1 aromatic rings. The van der Waals surface area contributed by atoms with Gasteiger partial charge in [0.25, 0.3) is 5.69 Å². The van der Waals surface area contributed by atoms with Crippen LogP contribution in [-0.2, 0) is 14.5 Å². The quantitative estimate of drug-likeness (QED) is 0.341. The van der Waals surface area contributed by atoms with Crippen molar-refractivity contribution in [2.45, 2.75) is 9.83 Å². The van der Waals surface area contributed by atoms with E-state index in [9.17, 15) is 18.5 Å². The van der Waals surface area contributed by atoms with Crippen LogP contribution >= 0.6 is 34.8 Å². The summed E-state index contributed by atoms with van der Waals surface area (Å²) in [5.41, 5.74) is 0.393. The summed E-state index contributed by atoms with van der Waals surface area (Å²) in [5, 5.41) is 10.7. The predicted molar refractivity (Wildman–Crippen MR) is 77.7 cm³/mol. The monoisotopic (exact) mass is 374 g/mol. The lowest BCUT2D eigenvalue weighted by Crippen LogP contribution is -2.22. The molecule has 0 aliphatic carbocycles. The Hall–Kier alpha value is -0.640. The highest BCUT2D eigenvalue weighted by molar-refractivity contribution is 7.84. The molecule has 1 saturated heterocycles. The second-order valence-electron chi connectivity index (χ2n) is 4.27. The molecule has 7 nitrogen and oxygen atoms in total. The number of hydrogen-bond donors (Lipinski definition) is 0. The lowest BCUT2D eigenvalue weighted by Gasteiger charge is -2.12. The molecule has 0 bridgehead atoms. The largest absolute Gasteiger partial charge is 0.339 e. The van der Waals surface area contributed by atoms with E-state index < -0.39 is 31.7 Å². The van der Waals surface area contributed by atoms with E-state index in [0.29, 0.717) is 5.56 Å². The fourth-order valence-corrected chi connectivity index (χ4v) is 3.27. The second-order valence-corrected chi connectivity index (χ2v) is 8.35. The minimum Gasteiger partial charge on any atom is -0.258 e. The van der Waals surface area contributed by atoms with Gasteiger partial charge in [-0.05, 0) is 5.56 Å². The van der Waals surface area contributed by atoms with Crippen LogP contribution in [0.15, 0.2) is 24.3 Å². The van der Waals surface area contributed by atoms with Gasteiger partial charge in [-0.25, -0.2) is 0 Å². The molecule has 116 valence electrons. The van der Waals surface area contributed by atoms with Gasteiger partial charge in [-0.2, -0.15) is 12.7 Å². The van der Waals surface area contributed by atoms with Gasteiger partial charge in [0.2, 0.25) is 3.79 Å². The molecule has 1 aromatic carbocycles. The van der Waals surface area contributed by atoms with E-state index in [1.54, 1.807) is 6.07 Å². The van der Waals surface area contributed by atoms with Crippen LogP contribution in [0, 0.1) is 10.1 Å². The first-order chi connectivity index (χ1) is 9.60.